The van der Waals surface area contributed by atoms with Crippen LogP contribution < -0.4 is 20.1 Å². The summed E-state index contributed by atoms with van der Waals surface area (Å²) < 4.78 is 37.4. The number of methoxy groups -OCH3 is 1. The minimum atomic E-state index is -3.67. The highest BCUT2D eigenvalue weighted by atomic mass is 32.2. The summed E-state index contributed by atoms with van der Waals surface area (Å²) in [5, 5.41) is 25.2. The first kappa shape index (κ1) is 23.3. The van der Waals surface area contributed by atoms with E-state index in [9.17, 15) is 18.6 Å². The fraction of sp³-hybridized carbons (Fsp3) is 0.455. The van der Waals surface area contributed by atoms with E-state index in [1.165, 1.54) is 19.2 Å². The normalized spacial score (nSPS) is 17.1. The molecule has 4 N–H and O–H groups in total. The standard InChI is InChI=1S/C22H30N2O6S/c1-29-19-6-8-21(9-7-19)31(27,28)22(16-10-12-23-13-11-16)24-14-18(26)15-30-20-4-2-17(25)3-5-20/h2-9,16,18,22-26H,10-15H2,1H3/t18-,22?/m0/s1. The summed E-state index contributed by atoms with van der Waals surface area (Å²) >= 11 is 0. The predicted octanol–water partition coefficient (Wildman–Crippen LogP) is 1.53. The molecule has 9 heteroatoms. The van der Waals surface area contributed by atoms with Crippen molar-refractivity contribution in [1.29, 1.82) is 0 Å². The molecule has 0 radical (unpaired) electrons. The van der Waals surface area contributed by atoms with Gasteiger partial charge in [0.15, 0.2) is 9.84 Å². The van der Waals surface area contributed by atoms with Gasteiger partial charge in [0.1, 0.15) is 35.3 Å². The Morgan fingerprint density at radius 3 is 2.29 bits per heavy atom. The van der Waals surface area contributed by atoms with Gasteiger partial charge in [-0.2, -0.15) is 0 Å². The first-order chi connectivity index (χ1) is 14.9. The molecule has 0 aliphatic carbocycles. The Balaban J connectivity index is 1.67. The van der Waals surface area contributed by atoms with Crippen molar-refractivity contribution in [3.63, 3.8) is 0 Å². The number of hydrogen-bond donors (Lipinski definition) is 4. The summed E-state index contributed by atoms with van der Waals surface area (Å²) in [5.41, 5.74) is 0. The number of piperidine rings is 1. The number of phenolic OH excluding ortho intramolecular Hbond substituents is 1. The van der Waals surface area contributed by atoms with Crippen LogP contribution >= 0.6 is 0 Å². The van der Waals surface area contributed by atoms with Gasteiger partial charge in [0.25, 0.3) is 0 Å². The van der Waals surface area contributed by atoms with Gasteiger partial charge >= 0.3 is 0 Å². The van der Waals surface area contributed by atoms with Crippen molar-refractivity contribution in [2.75, 3.05) is 33.4 Å². The minimum Gasteiger partial charge on any atom is -0.508 e. The van der Waals surface area contributed by atoms with Crippen molar-refractivity contribution in [3.8, 4) is 17.2 Å². The number of nitrogens with one attached hydrogen (secondary N) is 2. The molecule has 31 heavy (non-hydrogen) atoms. The van der Waals surface area contributed by atoms with Gasteiger partial charge in [-0.25, -0.2) is 8.42 Å². The number of aliphatic hydroxyl groups excluding tert-OH is 1. The molecule has 170 valence electrons. The second kappa shape index (κ2) is 10.8. The highest BCUT2D eigenvalue weighted by Crippen LogP contribution is 2.27. The quantitative estimate of drug-likeness (QED) is 0.431. The Bertz CT molecular complexity index is 912. The minimum absolute atomic E-state index is 0.000694. The van der Waals surface area contributed by atoms with Crippen molar-refractivity contribution < 1.29 is 28.1 Å². The summed E-state index contributed by atoms with van der Waals surface area (Å²) in [4.78, 5) is 0.221. The summed E-state index contributed by atoms with van der Waals surface area (Å²) in [6, 6.07) is 12.5. The molecular formula is C22H30N2O6S. The van der Waals surface area contributed by atoms with E-state index in [-0.39, 0.29) is 29.7 Å². The molecule has 1 heterocycles. The zero-order valence-electron chi connectivity index (χ0n) is 17.5. The molecule has 1 aliphatic rings. The third-order valence-corrected chi connectivity index (χ3v) is 7.52. The van der Waals surface area contributed by atoms with Gasteiger partial charge in [-0.15, -0.1) is 0 Å². The van der Waals surface area contributed by atoms with Crippen molar-refractivity contribution in [1.82, 2.24) is 10.6 Å². The maximum Gasteiger partial charge on any atom is 0.194 e. The van der Waals surface area contributed by atoms with E-state index >= 15 is 0 Å². The Kier molecular flexibility index (Phi) is 8.14. The number of phenols is 1. The average Bonchev–Trinajstić information content (AvgIpc) is 2.79. The molecule has 0 bridgehead atoms. The number of rotatable bonds is 10. The second-order valence-corrected chi connectivity index (χ2v) is 9.66. The van der Waals surface area contributed by atoms with E-state index in [4.69, 9.17) is 9.47 Å². The van der Waals surface area contributed by atoms with Crippen molar-refractivity contribution in [2.45, 2.75) is 29.2 Å². The second-order valence-electron chi connectivity index (χ2n) is 7.60. The molecule has 3 rings (SSSR count). The molecule has 0 amide bonds. The monoisotopic (exact) mass is 450 g/mol. The van der Waals surface area contributed by atoms with Crippen LogP contribution in [0.4, 0.5) is 0 Å². The van der Waals surface area contributed by atoms with Gasteiger partial charge in [-0.3, -0.25) is 5.32 Å². The van der Waals surface area contributed by atoms with E-state index in [0.29, 0.717) is 11.5 Å². The Morgan fingerprint density at radius 2 is 1.68 bits per heavy atom. The summed E-state index contributed by atoms with van der Waals surface area (Å²) in [7, 11) is -2.14. The van der Waals surface area contributed by atoms with Crippen molar-refractivity contribution in [2.24, 2.45) is 5.92 Å². The molecule has 1 saturated heterocycles. The number of sulfone groups is 1. The fourth-order valence-electron chi connectivity index (χ4n) is 3.63. The third kappa shape index (κ3) is 6.33. The average molecular weight is 451 g/mol. The number of ether oxygens (including phenoxy) is 2. The molecular weight excluding hydrogens is 420 g/mol. The number of aromatic hydroxyl groups is 1. The Morgan fingerprint density at radius 1 is 1.06 bits per heavy atom. The van der Waals surface area contributed by atoms with Crippen LogP contribution in [0.2, 0.25) is 0 Å². The number of benzene rings is 2. The van der Waals surface area contributed by atoms with E-state index in [2.05, 4.69) is 10.6 Å². The first-order valence-electron chi connectivity index (χ1n) is 10.3. The van der Waals surface area contributed by atoms with E-state index in [0.717, 1.165) is 25.9 Å². The zero-order chi connectivity index (χ0) is 22.3. The molecule has 2 aromatic rings. The molecule has 0 saturated carbocycles. The van der Waals surface area contributed by atoms with Gasteiger partial charge in [0.2, 0.25) is 0 Å². The third-order valence-electron chi connectivity index (χ3n) is 5.37. The summed E-state index contributed by atoms with van der Waals surface area (Å²) in [5.74, 6) is 1.16. The van der Waals surface area contributed by atoms with Crippen LogP contribution in [0.1, 0.15) is 12.8 Å². The molecule has 0 aromatic heterocycles. The van der Waals surface area contributed by atoms with Crippen LogP contribution in [0.25, 0.3) is 0 Å². The molecule has 0 spiro atoms. The van der Waals surface area contributed by atoms with E-state index in [1.807, 2.05) is 0 Å². The highest BCUT2D eigenvalue weighted by molar-refractivity contribution is 7.92. The van der Waals surface area contributed by atoms with Crippen LogP contribution in [-0.2, 0) is 9.84 Å². The first-order valence-corrected chi connectivity index (χ1v) is 11.9. The molecule has 1 unspecified atom stereocenters. The van der Waals surface area contributed by atoms with Gasteiger partial charge in [-0.1, -0.05) is 0 Å². The largest absolute Gasteiger partial charge is 0.508 e. The van der Waals surface area contributed by atoms with Gasteiger partial charge < -0.3 is 25.0 Å². The van der Waals surface area contributed by atoms with Crippen LogP contribution in [0.5, 0.6) is 17.2 Å². The van der Waals surface area contributed by atoms with Crippen LogP contribution in [0, 0.1) is 5.92 Å². The lowest BCUT2D eigenvalue weighted by Crippen LogP contribution is -2.49. The number of aliphatic hydroxyl groups is 1. The van der Waals surface area contributed by atoms with E-state index < -0.39 is 21.3 Å². The Hall–Kier alpha value is -2.33. The maximum atomic E-state index is 13.4. The maximum absolute atomic E-state index is 13.4. The predicted molar refractivity (Wildman–Crippen MR) is 117 cm³/mol. The van der Waals surface area contributed by atoms with E-state index in [1.54, 1.807) is 36.4 Å². The van der Waals surface area contributed by atoms with Gasteiger partial charge in [0.05, 0.1) is 12.0 Å². The summed E-state index contributed by atoms with van der Waals surface area (Å²) in [6.07, 6.45) is 0.560. The van der Waals surface area contributed by atoms with Gasteiger partial charge in [-0.05, 0) is 80.4 Å². The molecule has 2 atom stereocenters. The van der Waals surface area contributed by atoms with Crippen LogP contribution in [0.3, 0.4) is 0 Å². The molecule has 2 aromatic carbocycles. The molecule has 1 aliphatic heterocycles. The number of hydrogen-bond acceptors (Lipinski definition) is 8. The van der Waals surface area contributed by atoms with Crippen molar-refractivity contribution >= 4 is 9.84 Å². The van der Waals surface area contributed by atoms with Crippen LogP contribution in [-0.4, -0.2) is 63.5 Å². The highest BCUT2D eigenvalue weighted by Gasteiger charge is 2.35. The van der Waals surface area contributed by atoms with Gasteiger partial charge in [0, 0.05) is 6.54 Å². The lowest BCUT2D eigenvalue weighted by molar-refractivity contribution is 0.103. The van der Waals surface area contributed by atoms with Crippen LogP contribution in [0.15, 0.2) is 53.4 Å². The molecule has 8 nitrogen and oxygen atoms in total. The SMILES string of the molecule is COc1ccc(S(=O)(=O)C(NC[C@H](O)COc2ccc(O)cc2)C2CCNCC2)cc1. The Labute approximate surface area is 183 Å². The van der Waals surface area contributed by atoms with Crippen molar-refractivity contribution in [3.05, 3.63) is 48.5 Å². The fourth-order valence-corrected chi connectivity index (χ4v) is 5.54. The summed E-state index contributed by atoms with van der Waals surface area (Å²) in [6.45, 7) is 1.59. The molecule has 1 fully saturated rings. The lowest BCUT2D eigenvalue weighted by Gasteiger charge is -2.31. The smallest absolute Gasteiger partial charge is 0.194 e. The topological polar surface area (TPSA) is 117 Å². The zero-order valence-corrected chi connectivity index (χ0v) is 18.3. The lowest BCUT2D eigenvalue weighted by atomic mass is 9.98.